The van der Waals surface area contributed by atoms with Crippen molar-refractivity contribution in [2.45, 2.75) is 19.2 Å². The second-order valence-corrected chi connectivity index (χ2v) is 3.08. The number of aliphatic hydroxyl groups excluding tert-OH is 2. The molecule has 9 heavy (non-hydrogen) atoms. The average Bonchev–Trinajstić information content (AvgIpc) is 1.80. The van der Waals surface area contributed by atoms with Crippen LogP contribution in [0.1, 0.15) is 13.3 Å². The molecule has 0 fully saturated rings. The molecule has 0 aromatic rings. The van der Waals surface area contributed by atoms with Crippen LogP contribution in [-0.2, 0) is 4.52 Å². The van der Waals surface area contributed by atoms with E-state index in [-0.39, 0.29) is 21.3 Å². The van der Waals surface area contributed by atoms with Crippen molar-refractivity contribution in [3.8, 4) is 0 Å². The van der Waals surface area contributed by atoms with Gasteiger partial charge in [-0.3, -0.25) is 0 Å². The summed E-state index contributed by atoms with van der Waals surface area (Å²) in [6, 6.07) is 0. The van der Waals surface area contributed by atoms with E-state index in [0.29, 0.717) is 13.0 Å². The third kappa shape index (κ3) is 8.31. The van der Waals surface area contributed by atoms with Gasteiger partial charge in [0.15, 0.2) is 0 Å². The predicted molar refractivity (Wildman–Crippen MR) is 37.7 cm³/mol. The minimum atomic E-state index is -0.372. The smallest absolute Gasteiger partial charge is 0.0923 e. The van der Waals surface area contributed by atoms with Gasteiger partial charge in [0.05, 0.1) is 12.5 Å². The highest BCUT2D eigenvalue weighted by atomic mass is 31.1. The highest BCUT2D eigenvalue weighted by Gasteiger charge is 1.93. The molecule has 0 radical (unpaired) electrons. The van der Waals surface area contributed by atoms with Crippen LogP contribution in [0.3, 0.4) is 0 Å². The third-order valence-electron chi connectivity index (χ3n) is 0.658. The monoisotopic (exact) mass is 152 g/mol. The minimum Gasteiger partial charge on any atom is -0.396 e. The van der Waals surface area contributed by atoms with Gasteiger partial charge in [0, 0.05) is 15.4 Å². The quantitative estimate of drug-likeness (QED) is 0.440. The molecule has 0 amide bonds. The molecular formula is C5H13O3P. The van der Waals surface area contributed by atoms with Crippen LogP contribution < -0.4 is 0 Å². The fourth-order valence-corrected chi connectivity index (χ4v) is 0.820. The molecule has 4 heteroatoms. The lowest BCUT2D eigenvalue weighted by atomic mass is 10.5. The van der Waals surface area contributed by atoms with Crippen LogP contribution in [0.15, 0.2) is 0 Å². The molecule has 0 saturated heterocycles. The zero-order valence-corrected chi connectivity index (χ0v) is 6.50. The maximum atomic E-state index is 8.68. The first-order chi connectivity index (χ1) is 4.27. The standard InChI is InChI=1S/C5H13O3P/c1-5(7)9-8-4-2-3-6/h5-7,9H,2-4H2,1H3. The Morgan fingerprint density at radius 2 is 2.33 bits per heavy atom. The third-order valence-corrected chi connectivity index (χ3v) is 1.37. The van der Waals surface area contributed by atoms with Crippen molar-refractivity contribution >= 4 is 8.81 Å². The summed E-state index contributed by atoms with van der Waals surface area (Å²) >= 11 is 0. The van der Waals surface area contributed by atoms with Crippen molar-refractivity contribution < 1.29 is 14.7 Å². The summed E-state index contributed by atoms with van der Waals surface area (Å²) in [7, 11) is 0.143. The molecular weight excluding hydrogens is 139 g/mol. The van der Waals surface area contributed by atoms with Crippen LogP contribution in [0, 0.1) is 0 Å². The summed E-state index contributed by atoms with van der Waals surface area (Å²) in [4.78, 5) is 0. The van der Waals surface area contributed by atoms with E-state index >= 15 is 0 Å². The van der Waals surface area contributed by atoms with E-state index in [1.165, 1.54) is 0 Å². The number of hydrogen-bond acceptors (Lipinski definition) is 3. The molecule has 2 unspecified atom stereocenters. The number of aliphatic hydroxyl groups is 2. The maximum absolute atomic E-state index is 8.68. The molecule has 3 nitrogen and oxygen atoms in total. The van der Waals surface area contributed by atoms with Crippen LogP contribution in [0.4, 0.5) is 0 Å². The van der Waals surface area contributed by atoms with Crippen LogP contribution in [0.2, 0.25) is 0 Å². The number of rotatable bonds is 5. The lowest BCUT2D eigenvalue weighted by Gasteiger charge is -2.03. The van der Waals surface area contributed by atoms with E-state index in [2.05, 4.69) is 0 Å². The Kier molecular flexibility index (Phi) is 6.65. The Balaban J connectivity index is 2.75. The minimum absolute atomic E-state index is 0.143. The van der Waals surface area contributed by atoms with E-state index < -0.39 is 0 Å². The van der Waals surface area contributed by atoms with Gasteiger partial charge in [0.2, 0.25) is 0 Å². The molecule has 0 aliphatic heterocycles. The maximum Gasteiger partial charge on any atom is 0.0923 e. The summed E-state index contributed by atoms with van der Waals surface area (Å²) < 4.78 is 4.95. The van der Waals surface area contributed by atoms with Gasteiger partial charge in [-0.05, 0) is 13.3 Å². The van der Waals surface area contributed by atoms with E-state index in [1.54, 1.807) is 6.92 Å². The van der Waals surface area contributed by atoms with Gasteiger partial charge in [-0.2, -0.15) is 0 Å². The molecule has 0 aromatic carbocycles. The van der Waals surface area contributed by atoms with Gasteiger partial charge in [-0.15, -0.1) is 0 Å². The molecule has 0 saturated carbocycles. The van der Waals surface area contributed by atoms with Crippen LogP contribution in [0.5, 0.6) is 0 Å². The molecule has 0 aliphatic carbocycles. The second-order valence-electron chi connectivity index (χ2n) is 1.72. The van der Waals surface area contributed by atoms with E-state index in [9.17, 15) is 0 Å². The first-order valence-corrected chi connectivity index (χ1v) is 3.92. The molecule has 0 heterocycles. The van der Waals surface area contributed by atoms with Crippen molar-refractivity contribution in [2.24, 2.45) is 0 Å². The first-order valence-electron chi connectivity index (χ1n) is 2.93. The van der Waals surface area contributed by atoms with Gasteiger partial charge < -0.3 is 14.7 Å². The Bertz CT molecular complexity index is 58.2. The number of hydrogen-bond donors (Lipinski definition) is 2. The molecule has 0 spiro atoms. The first kappa shape index (κ1) is 9.31. The van der Waals surface area contributed by atoms with Gasteiger partial charge >= 0.3 is 0 Å². The summed E-state index contributed by atoms with van der Waals surface area (Å²) in [5.74, 6) is -0.372. The predicted octanol–water partition coefficient (Wildman–Crippen LogP) is 0.317. The van der Waals surface area contributed by atoms with Crippen molar-refractivity contribution in [2.75, 3.05) is 13.2 Å². The van der Waals surface area contributed by atoms with Crippen LogP contribution in [-0.4, -0.2) is 29.3 Å². The molecule has 0 rings (SSSR count). The van der Waals surface area contributed by atoms with Gasteiger partial charge in [0.25, 0.3) is 0 Å². The van der Waals surface area contributed by atoms with Crippen molar-refractivity contribution in [3.05, 3.63) is 0 Å². The molecule has 2 atom stereocenters. The van der Waals surface area contributed by atoms with Gasteiger partial charge in [-0.25, -0.2) is 0 Å². The van der Waals surface area contributed by atoms with Gasteiger partial charge in [-0.1, -0.05) is 0 Å². The zero-order chi connectivity index (χ0) is 7.11. The fourth-order valence-electron chi connectivity index (χ4n) is 0.316. The van der Waals surface area contributed by atoms with E-state index in [4.69, 9.17) is 14.7 Å². The Morgan fingerprint density at radius 1 is 1.67 bits per heavy atom. The molecule has 2 N–H and O–H groups in total. The Labute approximate surface area is 56.9 Å². The molecule has 0 aromatic heterocycles. The highest BCUT2D eigenvalue weighted by molar-refractivity contribution is 7.32. The molecule has 56 valence electrons. The highest BCUT2D eigenvalue weighted by Crippen LogP contribution is 2.16. The zero-order valence-electron chi connectivity index (χ0n) is 5.50. The van der Waals surface area contributed by atoms with Crippen molar-refractivity contribution in [3.63, 3.8) is 0 Å². The van der Waals surface area contributed by atoms with Gasteiger partial charge in [0.1, 0.15) is 0 Å². The molecule has 0 bridgehead atoms. The van der Waals surface area contributed by atoms with Crippen LogP contribution >= 0.6 is 8.81 Å². The van der Waals surface area contributed by atoms with Crippen LogP contribution in [0.25, 0.3) is 0 Å². The summed E-state index contributed by atoms with van der Waals surface area (Å²) in [5, 5.41) is 17.0. The molecule has 0 aliphatic rings. The lowest BCUT2D eigenvalue weighted by Crippen LogP contribution is -1.94. The Hall–Kier alpha value is 0.310. The summed E-state index contributed by atoms with van der Waals surface area (Å²) in [5.41, 5.74) is 0. The Morgan fingerprint density at radius 3 is 2.78 bits per heavy atom. The summed E-state index contributed by atoms with van der Waals surface area (Å²) in [6.07, 6.45) is 0.653. The normalized spacial score (nSPS) is 15.0. The average molecular weight is 152 g/mol. The van der Waals surface area contributed by atoms with Crippen molar-refractivity contribution in [1.29, 1.82) is 0 Å². The second kappa shape index (κ2) is 6.43. The fraction of sp³-hybridized carbons (Fsp3) is 1.00. The topological polar surface area (TPSA) is 49.7 Å². The van der Waals surface area contributed by atoms with E-state index in [1.807, 2.05) is 0 Å². The van der Waals surface area contributed by atoms with Crippen molar-refractivity contribution in [1.82, 2.24) is 0 Å². The summed E-state index contributed by atoms with van der Waals surface area (Å²) in [6.45, 7) is 2.38. The lowest BCUT2D eigenvalue weighted by molar-refractivity contribution is 0.227. The largest absolute Gasteiger partial charge is 0.396 e. The van der Waals surface area contributed by atoms with E-state index in [0.717, 1.165) is 0 Å². The SMILES string of the molecule is CC(O)POCCCO.